The summed E-state index contributed by atoms with van der Waals surface area (Å²) in [5.74, 6) is -2.09. The average Bonchev–Trinajstić information content (AvgIpc) is 3.19. The number of hydrogen-bond donors (Lipinski definition) is 1. The van der Waals surface area contributed by atoms with Gasteiger partial charge in [-0.25, -0.2) is 30.3 Å². The molecule has 3 rings (SSSR count). The van der Waals surface area contributed by atoms with Gasteiger partial charge in [-0.3, -0.25) is 0 Å². The number of nitrogens with zero attached hydrogens (tertiary/aromatic N) is 1. The fourth-order valence-corrected chi connectivity index (χ4v) is 5.77. The van der Waals surface area contributed by atoms with Crippen LogP contribution in [0, 0.1) is 11.6 Å². The largest absolute Gasteiger partial charge is 0.243 e. The van der Waals surface area contributed by atoms with E-state index in [1.165, 1.54) is 41.6 Å². The van der Waals surface area contributed by atoms with E-state index in [1.54, 1.807) is 0 Å². The summed E-state index contributed by atoms with van der Waals surface area (Å²) in [5, 5.41) is 0. The van der Waals surface area contributed by atoms with Gasteiger partial charge in [0.05, 0.1) is 9.79 Å². The number of hydrogen-bond acceptors (Lipinski definition) is 4. The highest BCUT2D eigenvalue weighted by Crippen LogP contribution is 2.23. The molecule has 2 aromatic rings. The summed E-state index contributed by atoms with van der Waals surface area (Å²) in [4.78, 5) is -0.0932. The van der Waals surface area contributed by atoms with Crippen molar-refractivity contribution in [1.82, 2.24) is 9.03 Å². The van der Waals surface area contributed by atoms with E-state index in [4.69, 9.17) is 0 Å². The van der Waals surface area contributed by atoms with E-state index in [0.717, 1.165) is 25.0 Å². The Balaban J connectivity index is 1.79. The SMILES string of the molecule is CC(NS(=O)(=O)c1ccc(S(=O)(=O)N2CCCC2)cc1)c1ccc(F)c(F)c1. The third-order valence-electron chi connectivity index (χ3n) is 4.61. The molecular weight excluding hydrogens is 410 g/mol. The molecule has 2 aromatic carbocycles. The number of benzene rings is 2. The zero-order valence-electron chi connectivity index (χ0n) is 15.1. The van der Waals surface area contributed by atoms with Gasteiger partial charge in [0, 0.05) is 19.1 Å². The van der Waals surface area contributed by atoms with Gasteiger partial charge in [-0.2, -0.15) is 4.31 Å². The quantitative estimate of drug-likeness (QED) is 0.764. The van der Waals surface area contributed by atoms with Crippen LogP contribution in [0.2, 0.25) is 0 Å². The summed E-state index contributed by atoms with van der Waals surface area (Å²) in [6.45, 7) is 2.40. The van der Waals surface area contributed by atoms with Crippen molar-refractivity contribution in [3.8, 4) is 0 Å². The molecule has 1 N–H and O–H groups in total. The minimum absolute atomic E-state index is 0.0296. The predicted molar refractivity (Wildman–Crippen MR) is 99.5 cm³/mol. The van der Waals surface area contributed by atoms with Crippen molar-refractivity contribution in [2.75, 3.05) is 13.1 Å². The second kappa shape index (κ2) is 7.86. The summed E-state index contributed by atoms with van der Waals surface area (Å²) in [7, 11) is -7.62. The first-order chi connectivity index (χ1) is 13.1. The molecule has 1 aliphatic rings. The third kappa shape index (κ3) is 4.24. The van der Waals surface area contributed by atoms with Gasteiger partial charge in [0.25, 0.3) is 0 Å². The van der Waals surface area contributed by atoms with Crippen LogP contribution in [0.4, 0.5) is 8.78 Å². The molecule has 0 bridgehead atoms. The molecule has 1 saturated heterocycles. The molecule has 0 aromatic heterocycles. The topological polar surface area (TPSA) is 83.5 Å². The van der Waals surface area contributed by atoms with E-state index >= 15 is 0 Å². The van der Waals surface area contributed by atoms with Crippen LogP contribution in [0.15, 0.2) is 52.3 Å². The van der Waals surface area contributed by atoms with Gasteiger partial charge >= 0.3 is 0 Å². The zero-order valence-corrected chi connectivity index (χ0v) is 16.7. The standard InChI is InChI=1S/C18H20F2N2O4S2/c1-13(14-4-9-17(19)18(20)12-14)21-27(23,24)15-5-7-16(8-6-15)28(25,26)22-10-2-3-11-22/h4-9,12-13,21H,2-3,10-11H2,1H3. The highest BCUT2D eigenvalue weighted by Gasteiger charge is 2.28. The van der Waals surface area contributed by atoms with Crippen molar-refractivity contribution >= 4 is 20.0 Å². The molecule has 0 spiro atoms. The molecule has 0 amide bonds. The van der Waals surface area contributed by atoms with Gasteiger partial charge in [-0.1, -0.05) is 6.07 Å². The summed E-state index contributed by atoms with van der Waals surface area (Å²) in [6.07, 6.45) is 1.61. The first-order valence-corrected chi connectivity index (χ1v) is 11.6. The first-order valence-electron chi connectivity index (χ1n) is 8.69. The van der Waals surface area contributed by atoms with Crippen LogP contribution in [-0.2, 0) is 20.0 Å². The van der Waals surface area contributed by atoms with Crippen molar-refractivity contribution in [1.29, 1.82) is 0 Å². The average molecular weight is 430 g/mol. The van der Waals surface area contributed by atoms with E-state index in [-0.39, 0.29) is 15.4 Å². The Labute approximate surface area is 163 Å². The predicted octanol–water partition coefficient (Wildman–Crippen LogP) is 2.79. The summed E-state index contributed by atoms with van der Waals surface area (Å²) in [6, 6.07) is 7.26. The van der Waals surface area contributed by atoms with Crippen LogP contribution >= 0.6 is 0 Å². The normalized spacial score (nSPS) is 17.0. The minimum Gasteiger partial charge on any atom is -0.207 e. The maximum atomic E-state index is 13.4. The zero-order chi connectivity index (χ0) is 20.5. The molecule has 6 nitrogen and oxygen atoms in total. The van der Waals surface area contributed by atoms with E-state index in [1.807, 2.05) is 0 Å². The molecule has 1 unspecified atom stereocenters. The Bertz CT molecular complexity index is 1070. The maximum Gasteiger partial charge on any atom is 0.243 e. The lowest BCUT2D eigenvalue weighted by Crippen LogP contribution is -2.28. The van der Waals surface area contributed by atoms with E-state index < -0.39 is 37.7 Å². The summed E-state index contributed by atoms with van der Waals surface area (Å²) < 4.78 is 80.3. The maximum absolute atomic E-state index is 13.4. The van der Waals surface area contributed by atoms with E-state index in [0.29, 0.717) is 13.1 Å². The lowest BCUT2D eigenvalue weighted by atomic mass is 10.1. The van der Waals surface area contributed by atoms with Gasteiger partial charge in [-0.15, -0.1) is 0 Å². The highest BCUT2D eigenvalue weighted by molar-refractivity contribution is 7.89. The fourth-order valence-electron chi connectivity index (χ4n) is 3.02. The number of rotatable bonds is 6. The van der Waals surface area contributed by atoms with Crippen molar-refractivity contribution in [3.05, 3.63) is 59.7 Å². The van der Waals surface area contributed by atoms with Gasteiger partial charge in [-0.05, 0) is 61.7 Å². The van der Waals surface area contributed by atoms with Gasteiger partial charge in [0.15, 0.2) is 11.6 Å². The molecule has 0 saturated carbocycles. The first kappa shape index (κ1) is 20.8. The molecule has 1 fully saturated rings. The van der Waals surface area contributed by atoms with Gasteiger partial charge in [0.2, 0.25) is 20.0 Å². The smallest absolute Gasteiger partial charge is 0.207 e. The number of halogens is 2. The fraction of sp³-hybridized carbons (Fsp3) is 0.333. The Morgan fingerprint density at radius 2 is 1.46 bits per heavy atom. The Morgan fingerprint density at radius 1 is 0.893 bits per heavy atom. The van der Waals surface area contributed by atoms with Crippen LogP contribution < -0.4 is 4.72 Å². The Morgan fingerprint density at radius 3 is 2.04 bits per heavy atom. The Hall–Kier alpha value is -1.88. The van der Waals surface area contributed by atoms with Crippen molar-refractivity contribution < 1.29 is 25.6 Å². The molecule has 0 aliphatic carbocycles. The summed E-state index contributed by atoms with van der Waals surface area (Å²) in [5.41, 5.74) is 0.260. The van der Waals surface area contributed by atoms with E-state index in [9.17, 15) is 25.6 Å². The van der Waals surface area contributed by atoms with Crippen LogP contribution in [-0.4, -0.2) is 34.2 Å². The molecule has 0 radical (unpaired) electrons. The Kier molecular flexibility index (Phi) is 5.85. The van der Waals surface area contributed by atoms with Crippen LogP contribution in [0.5, 0.6) is 0 Å². The molecule has 1 atom stereocenters. The van der Waals surface area contributed by atoms with Crippen LogP contribution in [0.25, 0.3) is 0 Å². The van der Waals surface area contributed by atoms with Crippen molar-refractivity contribution in [3.63, 3.8) is 0 Å². The van der Waals surface area contributed by atoms with Crippen LogP contribution in [0.1, 0.15) is 31.4 Å². The third-order valence-corrected chi connectivity index (χ3v) is 8.08. The lowest BCUT2D eigenvalue weighted by Gasteiger charge is -2.17. The van der Waals surface area contributed by atoms with Crippen LogP contribution in [0.3, 0.4) is 0 Å². The van der Waals surface area contributed by atoms with Gasteiger partial charge < -0.3 is 0 Å². The molecule has 152 valence electrons. The second-order valence-corrected chi connectivity index (χ2v) is 10.3. The monoisotopic (exact) mass is 430 g/mol. The number of nitrogens with one attached hydrogen (secondary N) is 1. The minimum atomic E-state index is -3.99. The highest BCUT2D eigenvalue weighted by atomic mass is 32.2. The van der Waals surface area contributed by atoms with Crippen molar-refractivity contribution in [2.24, 2.45) is 0 Å². The number of sulfonamides is 2. The molecular formula is C18H20F2N2O4S2. The summed E-state index contributed by atoms with van der Waals surface area (Å²) >= 11 is 0. The van der Waals surface area contributed by atoms with E-state index in [2.05, 4.69) is 4.72 Å². The van der Waals surface area contributed by atoms with Crippen molar-refractivity contribution in [2.45, 2.75) is 35.6 Å². The lowest BCUT2D eigenvalue weighted by molar-refractivity contribution is 0.477. The molecule has 1 heterocycles. The van der Waals surface area contributed by atoms with Gasteiger partial charge in [0.1, 0.15) is 0 Å². The molecule has 10 heteroatoms. The molecule has 28 heavy (non-hydrogen) atoms. The second-order valence-electron chi connectivity index (χ2n) is 6.60. The molecule has 1 aliphatic heterocycles.